The van der Waals surface area contributed by atoms with Crippen LogP contribution in [0.4, 0.5) is 11.4 Å². The molecule has 0 fully saturated rings. The van der Waals surface area contributed by atoms with Crippen LogP contribution in [-0.4, -0.2) is 55.4 Å². The smallest absolute Gasteiger partial charge is 0.271 e. The molecule has 190 valence electrons. The van der Waals surface area contributed by atoms with Crippen LogP contribution in [0.25, 0.3) is 0 Å². The molecule has 0 radical (unpaired) electrons. The van der Waals surface area contributed by atoms with Gasteiger partial charge in [0.05, 0.1) is 16.9 Å². The predicted molar refractivity (Wildman–Crippen MR) is 134 cm³/mol. The van der Waals surface area contributed by atoms with Gasteiger partial charge in [-0.1, -0.05) is 43.7 Å². The first-order valence-corrected chi connectivity index (χ1v) is 13.1. The molecule has 0 saturated carbocycles. The molecule has 11 heteroatoms. The lowest BCUT2D eigenvalue weighted by Crippen LogP contribution is -2.51. The molecule has 2 rings (SSSR count). The summed E-state index contributed by atoms with van der Waals surface area (Å²) in [6, 6.07) is 11.6. The number of rotatable bonds is 12. The topological polar surface area (TPSA) is 130 Å². The van der Waals surface area contributed by atoms with Gasteiger partial charge in [0.25, 0.3) is 5.69 Å². The van der Waals surface area contributed by atoms with Crippen molar-refractivity contribution in [1.29, 1.82) is 0 Å². The Morgan fingerprint density at radius 1 is 1.14 bits per heavy atom. The highest BCUT2D eigenvalue weighted by Crippen LogP contribution is 2.24. The number of nitrogens with one attached hydrogen (secondary N) is 1. The van der Waals surface area contributed by atoms with E-state index in [1.807, 2.05) is 38.1 Å². The van der Waals surface area contributed by atoms with Crippen LogP contribution in [0.15, 0.2) is 48.5 Å². The minimum atomic E-state index is -3.97. The molecule has 2 amide bonds. The second-order valence-corrected chi connectivity index (χ2v) is 10.2. The van der Waals surface area contributed by atoms with Crippen LogP contribution in [0.1, 0.15) is 37.8 Å². The molecular formula is C24H32N4O6S. The van der Waals surface area contributed by atoms with E-state index in [2.05, 4.69) is 5.32 Å². The number of hydrogen-bond acceptors (Lipinski definition) is 6. The van der Waals surface area contributed by atoms with Gasteiger partial charge in [-0.15, -0.1) is 0 Å². The van der Waals surface area contributed by atoms with Crippen LogP contribution < -0.4 is 9.62 Å². The van der Waals surface area contributed by atoms with Crippen molar-refractivity contribution in [2.45, 2.75) is 46.2 Å². The highest BCUT2D eigenvalue weighted by atomic mass is 32.2. The number of anilines is 1. The molecule has 0 aliphatic rings. The van der Waals surface area contributed by atoms with Crippen LogP contribution in [0.3, 0.4) is 0 Å². The van der Waals surface area contributed by atoms with Crippen molar-refractivity contribution in [3.63, 3.8) is 0 Å². The third kappa shape index (κ3) is 7.78. The Kier molecular flexibility index (Phi) is 9.76. The monoisotopic (exact) mass is 504 g/mol. The first-order valence-electron chi connectivity index (χ1n) is 11.3. The van der Waals surface area contributed by atoms with Crippen molar-refractivity contribution in [3.8, 4) is 0 Å². The van der Waals surface area contributed by atoms with Crippen molar-refractivity contribution in [3.05, 3.63) is 69.8 Å². The Morgan fingerprint density at radius 2 is 1.83 bits per heavy atom. The lowest BCUT2D eigenvalue weighted by atomic mass is 10.1. The van der Waals surface area contributed by atoms with E-state index < -0.39 is 33.4 Å². The van der Waals surface area contributed by atoms with Crippen LogP contribution in [0.2, 0.25) is 0 Å². The SMILES string of the molecule is CCCCNC(=O)[C@H](C)N(Cc1ccccc1C)C(=O)CN(c1cccc([N+](=O)[O-])c1)S(C)(=O)=O. The van der Waals surface area contributed by atoms with E-state index in [1.165, 1.54) is 23.1 Å². The normalized spacial score (nSPS) is 12.0. The summed E-state index contributed by atoms with van der Waals surface area (Å²) in [6.45, 7) is 5.43. The van der Waals surface area contributed by atoms with Gasteiger partial charge in [0, 0.05) is 25.2 Å². The van der Waals surface area contributed by atoms with E-state index in [0.717, 1.165) is 40.6 Å². The first kappa shape index (κ1) is 27.8. The Bertz CT molecular complexity index is 1170. The van der Waals surface area contributed by atoms with E-state index >= 15 is 0 Å². The summed E-state index contributed by atoms with van der Waals surface area (Å²) >= 11 is 0. The Balaban J connectivity index is 2.40. The van der Waals surface area contributed by atoms with E-state index in [9.17, 15) is 28.1 Å². The summed E-state index contributed by atoms with van der Waals surface area (Å²) < 4.78 is 25.9. The Labute approximate surface area is 206 Å². The molecule has 0 aliphatic heterocycles. The average Bonchev–Trinajstić information content (AvgIpc) is 2.80. The zero-order chi connectivity index (χ0) is 26.2. The maximum absolute atomic E-state index is 13.5. The van der Waals surface area contributed by atoms with Crippen molar-refractivity contribution in [2.75, 3.05) is 23.7 Å². The summed E-state index contributed by atoms with van der Waals surface area (Å²) in [6.07, 6.45) is 2.61. The third-order valence-corrected chi connectivity index (χ3v) is 6.75. The van der Waals surface area contributed by atoms with E-state index in [1.54, 1.807) is 6.92 Å². The fourth-order valence-corrected chi connectivity index (χ4v) is 4.31. The van der Waals surface area contributed by atoms with Crippen molar-refractivity contribution in [1.82, 2.24) is 10.2 Å². The van der Waals surface area contributed by atoms with Gasteiger partial charge in [-0.25, -0.2) is 8.42 Å². The van der Waals surface area contributed by atoms with Gasteiger partial charge in [0.2, 0.25) is 21.8 Å². The summed E-state index contributed by atoms with van der Waals surface area (Å²) in [5, 5.41) is 14.0. The minimum absolute atomic E-state index is 0.00839. The number of carbonyl (C=O) groups is 2. The lowest BCUT2D eigenvalue weighted by molar-refractivity contribution is -0.384. The van der Waals surface area contributed by atoms with Crippen LogP contribution in [0, 0.1) is 17.0 Å². The molecular weight excluding hydrogens is 472 g/mol. The Morgan fingerprint density at radius 3 is 2.43 bits per heavy atom. The molecule has 0 unspecified atom stereocenters. The van der Waals surface area contributed by atoms with E-state index in [4.69, 9.17) is 0 Å². The molecule has 0 aliphatic carbocycles. The maximum Gasteiger partial charge on any atom is 0.271 e. The second-order valence-electron chi connectivity index (χ2n) is 8.32. The minimum Gasteiger partial charge on any atom is -0.354 e. The zero-order valence-electron chi connectivity index (χ0n) is 20.4. The molecule has 0 heterocycles. The number of unbranched alkanes of at least 4 members (excludes halogenated alkanes) is 1. The maximum atomic E-state index is 13.5. The van der Waals surface area contributed by atoms with E-state index in [0.29, 0.717) is 6.54 Å². The van der Waals surface area contributed by atoms with Crippen molar-refractivity contribution >= 4 is 33.2 Å². The molecule has 2 aromatic rings. The lowest BCUT2D eigenvalue weighted by Gasteiger charge is -2.31. The van der Waals surface area contributed by atoms with Gasteiger partial charge in [-0.2, -0.15) is 0 Å². The Hall–Kier alpha value is -3.47. The molecule has 2 aromatic carbocycles. The summed E-state index contributed by atoms with van der Waals surface area (Å²) in [4.78, 5) is 38.2. The molecule has 0 saturated heterocycles. The van der Waals surface area contributed by atoms with Gasteiger partial charge < -0.3 is 10.2 Å². The highest BCUT2D eigenvalue weighted by Gasteiger charge is 2.30. The molecule has 0 spiro atoms. The van der Waals surface area contributed by atoms with Gasteiger partial charge in [-0.05, 0) is 37.5 Å². The summed E-state index contributed by atoms with van der Waals surface area (Å²) in [5.74, 6) is -0.954. The van der Waals surface area contributed by atoms with E-state index in [-0.39, 0.29) is 23.8 Å². The second kappa shape index (κ2) is 12.3. The third-order valence-electron chi connectivity index (χ3n) is 5.61. The predicted octanol–water partition coefficient (Wildman–Crippen LogP) is 3.00. The number of sulfonamides is 1. The number of benzene rings is 2. The number of aryl methyl sites for hydroxylation is 1. The fraction of sp³-hybridized carbons (Fsp3) is 0.417. The van der Waals surface area contributed by atoms with Crippen LogP contribution in [0.5, 0.6) is 0 Å². The molecule has 1 N–H and O–H groups in total. The van der Waals surface area contributed by atoms with Crippen molar-refractivity contribution < 1.29 is 22.9 Å². The molecule has 35 heavy (non-hydrogen) atoms. The average molecular weight is 505 g/mol. The van der Waals surface area contributed by atoms with Gasteiger partial charge in [0.15, 0.2) is 0 Å². The molecule has 10 nitrogen and oxygen atoms in total. The number of nitrogens with zero attached hydrogens (tertiary/aromatic N) is 3. The fourth-order valence-electron chi connectivity index (χ4n) is 3.47. The molecule has 0 bridgehead atoms. The number of carbonyl (C=O) groups excluding carboxylic acids is 2. The summed E-state index contributed by atoms with van der Waals surface area (Å²) in [5.41, 5.74) is 1.42. The van der Waals surface area contributed by atoms with Crippen LogP contribution in [-0.2, 0) is 26.2 Å². The van der Waals surface area contributed by atoms with Gasteiger partial charge >= 0.3 is 0 Å². The highest BCUT2D eigenvalue weighted by molar-refractivity contribution is 7.92. The quantitative estimate of drug-likeness (QED) is 0.269. The number of nitro benzene ring substituents is 1. The number of amides is 2. The standard InChI is InChI=1S/C24H32N4O6S/c1-5-6-14-25-24(30)19(3)26(16-20-11-8-7-10-18(20)2)23(29)17-27(35(4,33)34)21-12-9-13-22(15-21)28(31)32/h7-13,15,19H,5-6,14,16-17H2,1-4H3,(H,25,30)/t19-/m0/s1. The largest absolute Gasteiger partial charge is 0.354 e. The number of hydrogen-bond donors (Lipinski definition) is 1. The van der Waals surface area contributed by atoms with Gasteiger partial charge in [0.1, 0.15) is 12.6 Å². The number of non-ortho nitro benzene ring substituents is 1. The molecule has 1 atom stereocenters. The first-order chi connectivity index (χ1) is 16.5. The van der Waals surface area contributed by atoms with Gasteiger partial charge in [-0.3, -0.25) is 24.0 Å². The van der Waals surface area contributed by atoms with Crippen molar-refractivity contribution in [2.24, 2.45) is 0 Å². The number of nitro groups is 1. The zero-order valence-corrected chi connectivity index (χ0v) is 21.2. The molecule has 0 aromatic heterocycles. The summed E-state index contributed by atoms with van der Waals surface area (Å²) in [7, 11) is -3.97. The van der Waals surface area contributed by atoms with Crippen LogP contribution >= 0.6 is 0 Å².